The normalized spacial score (nSPS) is 1.50. The summed E-state index contributed by atoms with van der Waals surface area (Å²) in [7, 11) is 0. The van der Waals surface area contributed by atoms with Crippen LogP contribution in [0.3, 0.4) is 0 Å². The summed E-state index contributed by atoms with van der Waals surface area (Å²) < 4.78 is 0. The first-order valence-corrected chi connectivity index (χ1v) is 0.707. The second-order valence-corrected chi connectivity index (χ2v) is 0. The van der Waals surface area contributed by atoms with Crippen LogP contribution < -0.4 is 12.4 Å². The van der Waals surface area contributed by atoms with E-state index in [1.807, 2.05) is 0 Å². The van der Waals surface area contributed by atoms with Gasteiger partial charge in [0.25, 0.3) is 0 Å². The van der Waals surface area contributed by atoms with Crippen LogP contribution in [0.25, 0.3) is 0 Å². The van der Waals surface area contributed by atoms with Gasteiger partial charge in [0, 0.05) is 0 Å². The van der Waals surface area contributed by atoms with Crippen LogP contribution in [0.5, 0.6) is 0 Å². The Labute approximate surface area is 48.3 Å². The van der Waals surface area contributed by atoms with Crippen molar-refractivity contribution in [1.82, 2.24) is 0 Å². The standard InChI is InChI=1S/C2H5.ClH.Ti/c1-2;;/h1H2,2H3;1H;/q-1;;+2/p-1. The van der Waals surface area contributed by atoms with Crippen molar-refractivity contribution in [2.75, 3.05) is 0 Å². The molecule has 0 spiro atoms. The summed E-state index contributed by atoms with van der Waals surface area (Å²) in [4.78, 5) is 0. The zero-order valence-corrected chi connectivity index (χ0v) is 4.90. The third-order valence-corrected chi connectivity index (χ3v) is 0. The van der Waals surface area contributed by atoms with Crippen molar-refractivity contribution in [3.8, 4) is 0 Å². The number of hydrogen-bond donors (Lipinski definition) is 0. The van der Waals surface area contributed by atoms with E-state index >= 15 is 0 Å². The quantitative estimate of drug-likeness (QED) is 0.247. The largest absolute Gasteiger partial charge is 2.00 e. The van der Waals surface area contributed by atoms with Gasteiger partial charge in [-0.15, -0.1) is 0 Å². The predicted molar refractivity (Wildman–Crippen MR) is 11.0 cm³/mol. The molecule has 0 saturated carbocycles. The molecule has 0 nitrogen and oxygen atoms in total. The van der Waals surface area contributed by atoms with Gasteiger partial charge in [-0.25, -0.2) is 0 Å². The second-order valence-electron chi connectivity index (χ2n) is 0. The van der Waals surface area contributed by atoms with Crippen molar-refractivity contribution in [2.45, 2.75) is 6.92 Å². The SMILES string of the molecule is [CH2-]C.[Cl-].[Ti+2]. The Balaban J connectivity index is -0.00000000500. The van der Waals surface area contributed by atoms with Crippen molar-refractivity contribution in [2.24, 2.45) is 0 Å². The number of halogens is 1. The topological polar surface area (TPSA) is 0 Å². The fourth-order valence-corrected chi connectivity index (χ4v) is 0. The van der Waals surface area contributed by atoms with Gasteiger partial charge in [-0.3, -0.25) is 0 Å². The van der Waals surface area contributed by atoms with E-state index in [4.69, 9.17) is 0 Å². The minimum absolute atomic E-state index is 0. The summed E-state index contributed by atoms with van der Waals surface area (Å²) in [5.74, 6) is 0. The Morgan fingerprint density at radius 3 is 1.25 bits per heavy atom. The average Bonchev–Trinajstić information content (AvgIpc) is 1.00. The van der Waals surface area contributed by atoms with Gasteiger partial charge in [-0.05, 0) is 0 Å². The monoisotopic (exact) mass is 112 g/mol. The molecule has 0 aliphatic rings. The first-order chi connectivity index (χ1) is 1.00. The van der Waals surface area contributed by atoms with E-state index in [-0.39, 0.29) is 34.1 Å². The van der Waals surface area contributed by atoms with Crippen LogP contribution in [0.1, 0.15) is 6.92 Å². The maximum atomic E-state index is 3.25. The molecule has 0 unspecified atom stereocenters. The minimum Gasteiger partial charge on any atom is -1.00 e. The Hall–Kier alpha value is 1.00. The van der Waals surface area contributed by atoms with Crippen molar-refractivity contribution >= 4 is 0 Å². The van der Waals surface area contributed by atoms with Gasteiger partial charge < -0.3 is 19.3 Å². The van der Waals surface area contributed by atoms with Gasteiger partial charge in [-0.2, -0.15) is 6.92 Å². The van der Waals surface area contributed by atoms with E-state index in [9.17, 15) is 0 Å². The second kappa shape index (κ2) is 35.8. The first kappa shape index (κ1) is 20.0. The first-order valence-electron chi connectivity index (χ1n) is 0.707. The summed E-state index contributed by atoms with van der Waals surface area (Å²) >= 11 is 0. The molecule has 0 bridgehead atoms. The molecule has 0 atom stereocenters. The fraction of sp³-hybridized carbons (Fsp3) is 0.500. The molecule has 0 heterocycles. The van der Waals surface area contributed by atoms with Crippen molar-refractivity contribution in [3.63, 3.8) is 0 Å². The summed E-state index contributed by atoms with van der Waals surface area (Å²) in [6.45, 7) is 5.00. The Morgan fingerprint density at radius 2 is 1.25 bits per heavy atom. The fourth-order valence-electron chi connectivity index (χ4n) is 0. The van der Waals surface area contributed by atoms with Crippen molar-refractivity contribution in [3.05, 3.63) is 6.92 Å². The van der Waals surface area contributed by atoms with Crippen LogP contribution in [0, 0.1) is 6.92 Å². The van der Waals surface area contributed by atoms with Crippen LogP contribution in [0.4, 0.5) is 0 Å². The predicted octanol–water partition coefficient (Wildman–Crippen LogP) is -2.16. The molecule has 0 aromatic heterocycles. The summed E-state index contributed by atoms with van der Waals surface area (Å²) in [6.07, 6.45) is 0. The van der Waals surface area contributed by atoms with E-state index in [1.165, 1.54) is 0 Å². The molecule has 24 valence electrons. The zero-order chi connectivity index (χ0) is 2.00. The average molecular weight is 112 g/mol. The molecule has 0 aromatic carbocycles. The number of rotatable bonds is 0. The minimum atomic E-state index is 0. The molecule has 0 amide bonds. The van der Waals surface area contributed by atoms with E-state index in [0.717, 1.165) is 0 Å². The third kappa shape index (κ3) is 12.0. The van der Waals surface area contributed by atoms with Gasteiger partial charge in [0.15, 0.2) is 0 Å². The maximum absolute atomic E-state index is 3.25. The van der Waals surface area contributed by atoms with Crippen LogP contribution >= 0.6 is 0 Å². The summed E-state index contributed by atoms with van der Waals surface area (Å²) in [6, 6.07) is 0. The zero-order valence-electron chi connectivity index (χ0n) is 2.59. The van der Waals surface area contributed by atoms with Gasteiger partial charge in [-0.1, -0.05) is 0 Å². The molecule has 0 rings (SSSR count). The van der Waals surface area contributed by atoms with Crippen molar-refractivity contribution < 1.29 is 34.1 Å². The van der Waals surface area contributed by atoms with Crippen molar-refractivity contribution in [1.29, 1.82) is 0 Å². The Morgan fingerprint density at radius 1 is 1.25 bits per heavy atom. The van der Waals surface area contributed by atoms with E-state index < -0.39 is 0 Å². The third-order valence-electron chi connectivity index (χ3n) is 0. The molecule has 2 heteroatoms. The molecule has 4 heavy (non-hydrogen) atoms. The smallest absolute Gasteiger partial charge is 1.00 e. The Bertz CT molecular complexity index is 6.00. The molecule has 0 aliphatic heterocycles. The van der Waals surface area contributed by atoms with Crippen LogP contribution in [-0.2, 0) is 21.7 Å². The van der Waals surface area contributed by atoms with Gasteiger partial charge in [0.05, 0.1) is 0 Å². The van der Waals surface area contributed by atoms with E-state index in [2.05, 4.69) is 6.92 Å². The van der Waals surface area contributed by atoms with Gasteiger partial charge >= 0.3 is 21.7 Å². The van der Waals surface area contributed by atoms with E-state index in [0.29, 0.717) is 0 Å². The van der Waals surface area contributed by atoms with E-state index in [1.54, 1.807) is 6.92 Å². The molecule has 0 aliphatic carbocycles. The summed E-state index contributed by atoms with van der Waals surface area (Å²) in [5, 5.41) is 0. The van der Waals surface area contributed by atoms with Gasteiger partial charge in [0.1, 0.15) is 0 Å². The van der Waals surface area contributed by atoms with Crippen LogP contribution in [-0.4, -0.2) is 0 Å². The van der Waals surface area contributed by atoms with Crippen LogP contribution in [0.2, 0.25) is 0 Å². The maximum Gasteiger partial charge on any atom is 2.00 e. The van der Waals surface area contributed by atoms with Gasteiger partial charge in [0.2, 0.25) is 0 Å². The molecule has 0 N–H and O–H groups in total. The Kier molecular flexibility index (Phi) is 179. The molecular weight excluding hydrogens is 107 g/mol. The molecular formula is C2H5ClTi. The van der Waals surface area contributed by atoms with Crippen LogP contribution in [0.15, 0.2) is 0 Å². The molecule has 0 fully saturated rings. The molecule has 0 saturated heterocycles. The molecule has 0 radical (unpaired) electrons. The number of hydrogen-bond acceptors (Lipinski definition) is 0. The molecule has 0 aromatic rings. The summed E-state index contributed by atoms with van der Waals surface area (Å²) in [5.41, 5.74) is 0.